The van der Waals surface area contributed by atoms with Crippen molar-refractivity contribution in [2.45, 2.75) is 38.8 Å². The molecule has 0 fully saturated rings. The molecule has 0 aromatic heterocycles. The summed E-state index contributed by atoms with van der Waals surface area (Å²) >= 11 is 0. The highest BCUT2D eigenvalue weighted by Gasteiger charge is 2.20. The van der Waals surface area contributed by atoms with Crippen molar-refractivity contribution in [3.8, 4) is 0 Å². The van der Waals surface area contributed by atoms with Crippen LogP contribution in [-0.4, -0.2) is 41.9 Å². The van der Waals surface area contributed by atoms with Crippen LogP contribution in [0.1, 0.15) is 27.2 Å². The van der Waals surface area contributed by atoms with E-state index < -0.39 is 6.04 Å². The topological polar surface area (TPSA) is 75.4 Å². The molecule has 3 N–H and O–H groups in total. The summed E-state index contributed by atoms with van der Waals surface area (Å²) in [5.74, 6) is -0.451. The molecule has 2 amide bonds. The van der Waals surface area contributed by atoms with Gasteiger partial charge in [0.15, 0.2) is 0 Å². The Morgan fingerprint density at radius 3 is 2.41 bits per heavy atom. The molecule has 0 heterocycles. The number of hydrogen-bond donors (Lipinski definition) is 2. The standard InChI is InChI=1S/C12H23N3O2/c1-6-7-9(13)11(17)15(5)8-10(16)14-12(2,3)4/h6,9H,1,7-8,13H2,2-5H3,(H,14,16). The van der Waals surface area contributed by atoms with Gasteiger partial charge in [-0.15, -0.1) is 6.58 Å². The van der Waals surface area contributed by atoms with E-state index in [-0.39, 0.29) is 23.9 Å². The maximum atomic E-state index is 11.7. The highest BCUT2D eigenvalue weighted by molar-refractivity contribution is 5.87. The van der Waals surface area contributed by atoms with Gasteiger partial charge in [0.2, 0.25) is 11.8 Å². The van der Waals surface area contributed by atoms with E-state index >= 15 is 0 Å². The summed E-state index contributed by atoms with van der Waals surface area (Å²) in [5, 5.41) is 2.78. The number of rotatable bonds is 5. The predicted octanol–water partition coefficient (Wildman–Crippen LogP) is 0.263. The Balaban J connectivity index is 4.25. The molecule has 0 rings (SSSR count). The molecule has 17 heavy (non-hydrogen) atoms. The molecule has 5 nitrogen and oxygen atoms in total. The predicted molar refractivity (Wildman–Crippen MR) is 68.3 cm³/mol. The first-order valence-corrected chi connectivity index (χ1v) is 5.60. The van der Waals surface area contributed by atoms with E-state index in [0.29, 0.717) is 6.42 Å². The first kappa shape index (κ1) is 15.6. The third-order valence-electron chi connectivity index (χ3n) is 2.01. The molecule has 0 saturated carbocycles. The van der Waals surface area contributed by atoms with E-state index in [1.165, 1.54) is 4.90 Å². The van der Waals surface area contributed by atoms with Crippen LogP contribution in [0.2, 0.25) is 0 Å². The fourth-order valence-corrected chi connectivity index (χ4v) is 1.31. The van der Waals surface area contributed by atoms with E-state index in [1.807, 2.05) is 20.8 Å². The highest BCUT2D eigenvalue weighted by atomic mass is 16.2. The monoisotopic (exact) mass is 241 g/mol. The van der Waals surface area contributed by atoms with Gasteiger partial charge >= 0.3 is 0 Å². The quantitative estimate of drug-likeness (QED) is 0.678. The molecule has 1 atom stereocenters. The Bertz CT molecular complexity index is 295. The summed E-state index contributed by atoms with van der Waals surface area (Å²) in [6.07, 6.45) is 2.00. The van der Waals surface area contributed by atoms with Crippen molar-refractivity contribution in [2.75, 3.05) is 13.6 Å². The minimum atomic E-state index is -0.625. The van der Waals surface area contributed by atoms with Gasteiger partial charge in [0.1, 0.15) is 0 Å². The largest absolute Gasteiger partial charge is 0.350 e. The number of carbonyl (C=O) groups is 2. The lowest BCUT2D eigenvalue weighted by Crippen LogP contribution is -2.49. The summed E-state index contributed by atoms with van der Waals surface area (Å²) in [5.41, 5.74) is 5.34. The van der Waals surface area contributed by atoms with Crippen LogP contribution >= 0.6 is 0 Å². The van der Waals surface area contributed by atoms with Crippen LogP contribution in [0.4, 0.5) is 0 Å². The van der Waals surface area contributed by atoms with Gasteiger partial charge in [0.25, 0.3) is 0 Å². The summed E-state index contributed by atoms with van der Waals surface area (Å²) in [4.78, 5) is 24.6. The number of carbonyl (C=O) groups excluding carboxylic acids is 2. The Kier molecular flexibility index (Phi) is 5.88. The lowest BCUT2D eigenvalue weighted by Gasteiger charge is -2.24. The number of nitrogens with one attached hydrogen (secondary N) is 1. The third-order valence-corrected chi connectivity index (χ3v) is 2.01. The Hall–Kier alpha value is -1.36. The van der Waals surface area contributed by atoms with Crippen molar-refractivity contribution in [1.82, 2.24) is 10.2 Å². The maximum Gasteiger partial charge on any atom is 0.240 e. The zero-order valence-electron chi connectivity index (χ0n) is 11.1. The molecule has 0 aromatic rings. The molecule has 0 aliphatic carbocycles. The first-order valence-electron chi connectivity index (χ1n) is 5.60. The number of nitrogens with zero attached hydrogens (tertiary/aromatic N) is 1. The Labute approximate surface area is 103 Å². The highest BCUT2D eigenvalue weighted by Crippen LogP contribution is 2.00. The van der Waals surface area contributed by atoms with Crippen LogP contribution in [0.15, 0.2) is 12.7 Å². The van der Waals surface area contributed by atoms with Crippen LogP contribution < -0.4 is 11.1 Å². The van der Waals surface area contributed by atoms with Crippen molar-refractivity contribution in [3.05, 3.63) is 12.7 Å². The second-order valence-electron chi connectivity index (χ2n) is 5.12. The van der Waals surface area contributed by atoms with Gasteiger partial charge in [0.05, 0.1) is 12.6 Å². The van der Waals surface area contributed by atoms with Crippen LogP contribution in [0.25, 0.3) is 0 Å². The molecule has 1 unspecified atom stereocenters. The normalized spacial score (nSPS) is 12.8. The molecular formula is C12H23N3O2. The average Bonchev–Trinajstić information content (AvgIpc) is 2.13. The number of amides is 2. The van der Waals surface area contributed by atoms with Crippen LogP contribution in [0, 0.1) is 0 Å². The van der Waals surface area contributed by atoms with Crippen LogP contribution in [0.3, 0.4) is 0 Å². The molecule has 0 bridgehead atoms. The number of likely N-dealkylation sites (N-methyl/N-ethyl adjacent to an activating group) is 1. The molecule has 0 aliphatic heterocycles. The molecule has 0 aromatic carbocycles. The SMILES string of the molecule is C=CCC(N)C(=O)N(C)CC(=O)NC(C)(C)C. The van der Waals surface area contributed by atoms with E-state index in [0.717, 1.165) is 0 Å². The molecular weight excluding hydrogens is 218 g/mol. The first-order chi connectivity index (χ1) is 7.67. The van der Waals surface area contributed by atoms with Gasteiger partial charge in [-0.25, -0.2) is 0 Å². The summed E-state index contributed by atoms with van der Waals surface area (Å²) < 4.78 is 0. The van der Waals surface area contributed by atoms with Crippen molar-refractivity contribution in [2.24, 2.45) is 5.73 Å². The second-order valence-corrected chi connectivity index (χ2v) is 5.12. The molecule has 0 aliphatic rings. The van der Waals surface area contributed by atoms with Gasteiger partial charge < -0.3 is 16.0 Å². The fourth-order valence-electron chi connectivity index (χ4n) is 1.31. The molecule has 0 spiro atoms. The average molecular weight is 241 g/mol. The molecule has 0 radical (unpaired) electrons. The van der Waals surface area contributed by atoms with Crippen LogP contribution in [-0.2, 0) is 9.59 Å². The van der Waals surface area contributed by atoms with Gasteiger partial charge in [-0.2, -0.15) is 0 Å². The number of nitrogens with two attached hydrogens (primary N) is 1. The van der Waals surface area contributed by atoms with Crippen LogP contribution in [0.5, 0.6) is 0 Å². The van der Waals surface area contributed by atoms with Gasteiger partial charge in [0, 0.05) is 12.6 Å². The van der Waals surface area contributed by atoms with E-state index in [4.69, 9.17) is 5.73 Å². The Morgan fingerprint density at radius 2 is 2.00 bits per heavy atom. The second kappa shape index (κ2) is 6.39. The van der Waals surface area contributed by atoms with E-state index in [2.05, 4.69) is 11.9 Å². The summed E-state index contributed by atoms with van der Waals surface area (Å²) in [7, 11) is 1.56. The Morgan fingerprint density at radius 1 is 1.47 bits per heavy atom. The van der Waals surface area contributed by atoms with Crippen molar-refractivity contribution in [3.63, 3.8) is 0 Å². The summed E-state index contributed by atoms with van der Waals surface area (Å²) in [6, 6.07) is -0.625. The van der Waals surface area contributed by atoms with Gasteiger partial charge in [-0.1, -0.05) is 6.08 Å². The van der Waals surface area contributed by atoms with Gasteiger partial charge in [-0.05, 0) is 27.2 Å². The molecule has 98 valence electrons. The minimum absolute atomic E-state index is 0.0148. The fraction of sp³-hybridized carbons (Fsp3) is 0.667. The molecule has 5 heteroatoms. The smallest absolute Gasteiger partial charge is 0.240 e. The summed E-state index contributed by atoms with van der Waals surface area (Å²) in [6.45, 7) is 9.19. The zero-order chi connectivity index (χ0) is 13.6. The van der Waals surface area contributed by atoms with E-state index in [1.54, 1.807) is 13.1 Å². The molecule has 0 saturated heterocycles. The van der Waals surface area contributed by atoms with Crippen molar-refractivity contribution < 1.29 is 9.59 Å². The number of hydrogen-bond acceptors (Lipinski definition) is 3. The zero-order valence-corrected chi connectivity index (χ0v) is 11.1. The van der Waals surface area contributed by atoms with Crippen molar-refractivity contribution >= 4 is 11.8 Å². The third kappa shape index (κ3) is 6.73. The van der Waals surface area contributed by atoms with Gasteiger partial charge in [-0.3, -0.25) is 9.59 Å². The van der Waals surface area contributed by atoms with Crippen molar-refractivity contribution in [1.29, 1.82) is 0 Å². The lowest BCUT2D eigenvalue weighted by molar-refractivity contribution is -0.136. The minimum Gasteiger partial charge on any atom is -0.350 e. The lowest BCUT2D eigenvalue weighted by atomic mass is 10.1. The van der Waals surface area contributed by atoms with E-state index in [9.17, 15) is 9.59 Å². The maximum absolute atomic E-state index is 11.7.